The molecule has 0 N–H and O–H groups in total. The Hall–Kier alpha value is -7.16. The van der Waals surface area contributed by atoms with Crippen LogP contribution in [-0.2, 0) is 0 Å². The lowest BCUT2D eigenvalue weighted by molar-refractivity contribution is 0.864. The number of pyridine rings is 1. The van der Waals surface area contributed by atoms with Crippen molar-refractivity contribution in [3.8, 4) is 44.6 Å². The van der Waals surface area contributed by atoms with E-state index in [1.807, 2.05) is 0 Å². The van der Waals surface area contributed by atoms with E-state index in [1.54, 1.807) is 0 Å². The number of para-hydroxylation sites is 1. The van der Waals surface area contributed by atoms with Gasteiger partial charge in [0.1, 0.15) is 0 Å². The number of fused-ring (bicyclic) bond motifs is 2. The summed E-state index contributed by atoms with van der Waals surface area (Å²) in [5.74, 6) is 0.316. The van der Waals surface area contributed by atoms with Gasteiger partial charge in [-0.15, -0.1) is 0 Å². The molecule has 0 radical (unpaired) electrons. The second kappa shape index (κ2) is 14.6. The summed E-state index contributed by atoms with van der Waals surface area (Å²) in [5, 5.41) is 2.52. The standard InChI is InChI=1S/C54H40N2/c1-4-16-43(17-5-1)52-51-25-12-13-38-55(51)54(53(52)44-18-6-2-7-19-44)45-28-26-39(27-29-45)40-30-34-47(35-31-40)56(46-21-8-3-9-22-46)48-36-32-42(33-37-48)50-24-14-20-41-15-10-11-23-49(41)50/h1-16,18-38,43H,17H2. The molecule has 1 aliphatic rings. The zero-order valence-electron chi connectivity index (χ0n) is 31.0. The molecule has 0 saturated heterocycles. The minimum Gasteiger partial charge on any atom is -0.316 e. The predicted octanol–water partition coefficient (Wildman–Crippen LogP) is 14.8. The van der Waals surface area contributed by atoms with Crippen molar-refractivity contribution in [3.05, 3.63) is 230 Å². The Kier molecular flexibility index (Phi) is 8.70. The van der Waals surface area contributed by atoms with Gasteiger partial charge in [0.05, 0.1) is 11.2 Å². The van der Waals surface area contributed by atoms with Crippen LogP contribution in [-0.4, -0.2) is 4.40 Å². The van der Waals surface area contributed by atoms with Gasteiger partial charge < -0.3 is 9.30 Å². The fraction of sp³-hybridized carbons (Fsp3) is 0.0370. The van der Waals surface area contributed by atoms with Gasteiger partial charge in [-0.1, -0.05) is 170 Å². The summed E-state index contributed by atoms with van der Waals surface area (Å²) < 4.78 is 2.39. The van der Waals surface area contributed by atoms with Gasteiger partial charge >= 0.3 is 0 Å². The first kappa shape index (κ1) is 33.4. The number of benzene rings is 7. The van der Waals surface area contributed by atoms with Crippen LogP contribution in [0.2, 0.25) is 0 Å². The maximum atomic E-state index is 2.39. The summed E-state index contributed by atoms with van der Waals surface area (Å²) in [7, 11) is 0. The number of aromatic nitrogens is 1. The Morgan fingerprint density at radius 2 is 1.04 bits per heavy atom. The van der Waals surface area contributed by atoms with Crippen LogP contribution in [0.25, 0.3) is 60.9 Å². The van der Waals surface area contributed by atoms with Crippen molar-refractivity contribution in [1.29, 1.82) is 0 Å². The Morgan fingerprint density at radius 3 is 1.75 bits per heavy atom. The highest BCUT2D eigenvalue weighted by Crippen LogP contribution is 2.45. The zero-order valence-corrected chi connectivity index (χ0v) is 31.0. The van der Waals surface area contributed by atoms with Gasteiger partial charge in [0, 0.05) is 34.7 Å². The molecule has 2 aromatic heterocycles. The van der Waals surface area contributed by atoms with Crippen molar-refractivity contribution in [3.63, 3.8) is 0 Å². The molecule has 0 aliphatic heterocycles. The summed E-state index contributed by atoms with van der Waals surface area (Å²) in [6.45, 7) is 0. The Balaban J connectivity index is 0.994. The van der Waals surface area contributed by atoms with Crippen molar-refractivity contribution in [1.82, 2.24) is 4.40 Å². The number of allylic oxidation sites excluding steroid dienone is 4. The summed E-state index contributed by atoms with van der Waals surface area (Å²) in [4.78, 5) is 2.33. The molecule has 56 heavy (non-hydrogen) atoms. The minimum atomic E-state index is 0.316. The van der Waals surface area contributed by atoms with E-state index in [2.05, 4.69) is 234 Å². The Bertz CT molecular complexity index is 2840. The summed E-state index contributed by atoms with van der Waals surface area (Å²) in [5.41, 5.74) is 15.8. The average Bonchev–Trinajstić information content (AvgIpc) is 3.63. The molecule has 0 fully saturated rings. The molecule has 0 amide bonds. The van der Waals surface area contributed by atoms with Gasteiger partial charge in [-0.25, -0.2) is 0 Å². The molecule has 9 aromatic rings. The van der Waals surface area contributed by atoms with E-state index >= 15 is 0 Å². The van der Waals surface area contributed by atoms with Crippen LogP contribution in [0.15, 0.2) is 225 Å². The third kappa shape index (κ3) is 6.12. The van der Waals surface area contributed by atoms with Crippen molar-refractivity contribution >= 4 is 33.4 Å². The van der Waals surface area contributed by atoms with Gasteiger partial charge in [0.15, 0.2) is 0 Å². The summed E-state index contributed by atoms with van der Waals surface area (Å²) in [6.07, 6.45) is 12.2. The monoisotopic (exact) mass is 716 g/mol. The highest BCUT2D eigenvalue weighted by Gasteiger charge is 2.25. The predicted molar refractivity (Wildman–Crippen MR) is 237 cm³/mol. The largest absolute Gasteiger partial charge is 0.316 e. The SMILES string of the molecule is C1=CCC(c2c(-c3ccccc3)c(-c3ccc(-c4ccc(N(c5ccccc5)c5ccc(-c6cccc7ccccc67)cc5)cc4)cc3)n3ccccc23)C=C1. The molecule has 0 spiro atoms. The number of rotatable bonds is 8. The second-order valence-corrected chi connectivity index (χ2v) is 14.5. The highest BCUT2D eigenvalue weighted by atomic mass is 15.1. The molecular weight excluding hydrogens is 677 g/mol. The van der Waals surface area contributed by atoms with E-state index < -0.39 is 0 Å². The molecule has 2 heteroatoms. The van der Waals surface area contributed by atoms with Crippen LogP contribution in [0.3, 0.4) is 0 Å². The fourth-order valence-electron chi connectivity index (χ4n) is 8.50. The lowest BCUT2D eigenvalue weighted by Gasteiger charge is -2.26. The van der Waals surface area contributed by atoms with Gasteiger partial charge in [-0.2, -0.15) is 0 Å². The Morgan fingerprint density at radius 1 is 0.446 bits per heavy atom. The van der Waals surface area contributed by atoms with Crippen LogP contribution in [0.5, 0.6) is 0 Å². The van der Waals surface area contributed by atoms with Gasteiger partial charge in [-0.3, -0.25) is 0 Å². The molecule has 7 aromatic carbocycles. The average molecular weight is 717 g/mol. The van der Waals surface area contributed by atoms with Crippen molar-refractivity contribution in [2.24, 2.45) is 0 Å². The highest BCUT2D eigenvalue weighted by molar-refractivity contribution is 5.97. The van der Waals surface area contributed by atoms with Crippen LogP contribution in [0.1, 0.15) is 17.9 Å². The first-order chi connectivity index (χ1) is 27.8. The number of hydrogen-bond acceptors (Lipinski definition) is 1. The van der Waals surface area contributed by atoms with Gasteiger partial charge in [-0.05, 0) is 105 Å². The Labute approximate surface area is 328 Å². The number of nitrogens with zero attached hydrogens (tertiary/aromatic N) is 2. The van der Waals surface area contributed by atoms with Crippen molar-refractivity contribution in [2.75, 3.05) is 4.90 Å². The van der Waals surface area contributed by atoms with Crippen LogP contribution < -0.4 is 4.90 Å². The maximum absolute atomic E-state index is 2.39. The smallest absolute Gasteiger partial charge is 0.0610 e. The zero-order chi connectivity index (χ0) is 37.3. The maximum Gasteiger partial charge on any atom is 0.0610 e. The fourth-order valence-corrected chi connectivity index (χ4v) is 8.50. The first-order valence-electron chi connectivity index (χ1n) is 19.5. The van der Waals surface area contributed by atoms with Crippen LogP contribution in [0, 0.1) is 0 Å². The molecule has 266 valence electrons. The van der Waals surface area contributed by atoms with Gasteiger partial charge in [0.2, 0.25) is 0 Å². The van der Waals surface area contributed by atoms with E-state index in [4.69, 9.17) is 0 Å². The molecule has 10 rings (SSSR count). The molecule has 1 aliphatic carbocycles. The van der Waals surface area contributed by atoms with E-state index in [9.17, 15) is 0 Å². The van der Waals surface area contributed by atoms with E-state index in [0.717, 1.165) is 23.5 Å². The molecule has 0 bridgehead atoms. The second-order valence-electron chi connectivity index (χ2n) is 14.5. The van der Waals surface area contributed by atoms with Crippen LogP contribution in [0.4, 0.5) is 17.1 Å². The molecule has 0 saturated carbocycles. The molecule has 1 atom stereocenters. The van der Waals surface area contributed by atoms with Crippen LogP contribution >= 0.6 is 0 Å². The van der Waals surface area contributed by atoms with E-state index in [0.29, 0.717) is 5.92 Å². The summed E-state index contributed by atoms with van der Waals surface area (Å²) >= 11 is 0. The van der Waals surface area contributed by atoms with E-state index in [1.165, 1.54) is 66.5 Å². The first-order valence-corrected chi connectivity index (χ1v) is 19.5. The lowest BCUT2D eigenvalue weighted by atomic mass is 9.86. The molecular formula is C54H40N2. The van der Waals surface area contributed by atoms with Crippen molar-refractivity contribution in [2.45, 2.75) is 12.3 Å². The minimum absolute atomic E-state index is 0.316. The van der Waals surface area contributed by atoms with Gasteiger partial charge in [0.25, 0.3) is 0 Å². The lowest BCUT2D eigenvalue weighted by Crippen LogP contribution is -2.09. The third-order valence-electron chi connectivity index (χ3n) is 11.2. The topological polar surface area (TPSA) is 7.65 Å². The molecule has 1 unspecified atom stereocenters. The quantitative estimate of drug-likeness (QED) is 0.152. The summed E-state index contributed by atoms with van der Waals surface area (Å²) in [6, 6.07) is 70.3. The molecule has 2 heterocycles. The normalized spacial score (nSPS) is 13.7. The van der Waals surface area contributed by atoms with Crippen molar-refractivity contribution < 1.29 is 0 Å². The number of hydrogen-bond donors (Lipinski definition) is 0. The third-order valence-corrected chi connectivity index (χ3v) is 11.2. The van der Waals surface area contributed by atoms with E-state index in [-0.39, 0.29) is 0 Å². The molecule has 2 nitrogen and oxygen atoms in total. The number of anilines is 3.